The van der Waals surface area contributed by atoms with E-state index in [-0.39, 0.29) is 30.2 Å². The van der Waals surface area contributed by atoms with Gasteiger partial charge in [-0.15, -0.1) is 0 Å². The fourth-order valence-corrected chi connectivity index (χ4v) is 4.46. The number of aliphatic hydroxyl groups is 2. The average molecular weight is 495 g/mol. The van der Waals surface area contributed by atoms with Crippen LogP contribution in [0.15, 0.2) is 36.7 Å². The number of carbonyl (C=O) groups excluding carboxylic acids is 1. The molecule has 1 amide bonds. The van der Waals surface area contributed by atoms with Crippen molar-refractivity contribution >= 4 is 17.1 Å². The summed E-state index contributed by atoms with van der Waals surface area (Å²) in [6, 6.07) is 9.26. The van der Waals surface area contributed by atoms with Gasteiger partial charge in [-0.2, -0.15) is 10.4 Å². The summed E-state index contributed by atoms with van der Waals surface area (Å²) >= 11 is 0. The molecule has 0 saturated heterocycles. The minimum absolute atomic E-state index is 0.0286. The van der Waals surface area contributed by atoms with Gasteiger partial charge in [-0.1, -0.05) is 6.92 Å². The standard InChI is InChI=1S/C26H31FN6O3/c1-15-8-18(34)5-6-20(15)32-21-10-22(23-7-4-17-9-16(11-28)12-31-33(17)23)29-13-19(21)25(35)30-14-24(27)26(2,3)36/h4,7,9-10,12-13,15,18,20,24,34,36H,5-6,8,14H2,1-3H3,(H,29,32)(H,30,35)/t15?,18?,20?,24-/m1/s1. The first-order valence-corrected chi connectivity index (χ1v) is 12.0. The first-order valence-electron chi connectivity index (χ1n) is 12.0. The predicted octanol–water partition coefficient (Wildman–Crippen LogP) is 3.07. The quantitative estimate of drug-likeness (QED) is 0.396. The summed E-state index contributed by atoms with van der Waals surface area (Å²) in [7, 11) is 0. The van der Waals surface area contributed by atoms with E-state index in [4.69, 9.17) is 5.26 Å². The zero-order valence-electron chi connectivity index (χ0n) is 20.6. The Kier molecular flexibility index (Phi) is 7.24. The number of amides is 1. The van der Waals surface area contributed by atoms with Crippen LogP contribution in [-0.4, -0.2) is 61.2 Å². The fraction of sp³-hybridized carbons (Fsp3) is 0.462. The number of aromatic nitrogens is 3. The molecule has 4 rings (SSSR count). The van der Waals surface area contributed by atoms with E-state index in [0.29, 0.717) is 35.5 Å². The van der Waals surface area contributed by atoms with Gasteiger partial charge in [0.1, 0.15) is 12.2 Å². The Morgan fingerprint density at radius 1 is 1.33 bits per heavy atom. The Hall–Kier alpha value is -3.55. The zero-order valence-corrected chi connectivity index (χ0v) is 20.6. The molecule has 10 heteroatoms. The molecule has 36 heavy (non-hydrogen) atoms. The lowest BCUT2D eigenvalue weighted by atomic mass is 9.84. The summed E-state index contributed by atoms with van der Waals surface area (Å²) in [5, 5.41) is 39.4. The summed E-state index contributed by atoms with van der Waals surface area (Å²) in [4.78, 5) is 17.5. The Morgan fingerprint density at radius 3 is 2.81 bits per heavy atom. The fourth-order valence-electron chi connectivity index (χ4n) is 4.46. The van der Waals surface area contributed by atoms with E-state index in [1.54, 1.807) is 16.6 Å². The molecule has 3 heterocycles. The smallest absolute Gasteiger partial charge is 0.255 e. The lowest BCUT2D eigenvalue weighted by molar-refractivity contribution is -0.00177. The molecule has 1 saturated carbocycles. The molecule has 1 fully saturated rings. The number of aliphatic hydroxyl groups excluding tert-OH is 1. The normalized spacial score (nSPS) is 21.1. The summed E-state index contributed by atoms with van der Waals surface area (Å²) in [6.45, 7) is 4.41. The lowest BCUT2D eigenvalue weighted by Gasteiger charge is -2.33. The maximum atomic E-state index is 14.2. The number of pyridine rings is 1. The van der Waals surface area contributed by atoms with Crippen LogP contribution < -0.4 is 10.6 Å². The number of rotatable bonds is 7. The molecule has 1 aliphatic rings. The van der Waals surface area contributed by atoms with Crippen LogP contribution in [0.1, 0.15) is 56.0 Å². The molecule has 4 N–H and O–H groups in total. The van der Waals surface area contributed by atoms with Crippen LogP contribution in [0.5, 0.6) is 0 Å². The third kappa shape index (κ3) is 5.48. The second kappa shape index (κ2) is 10.2. The molecule has 190 valence electrons. The molecular formula is C26H31FN6O3. The van der Waals surface area contributed by atoms with Gasteiger partial charge in [0.05, 0.1) is 58.2 Å². The third-order valence-electron chi connectivity index (χ3n) is 6.73. The molecule has 0 aliphatic heterocycles. The molecule has 0 bridgehead atoms. The van der Waals surface area contributed by atoms with Gasteiger partial charge in [-0.05, 0) is 63.3 Å². The highest BCUT2D eigenvalue weighted by molar-refractivity contribution is 6.00. The number of hydrogen-bond donors (Lipinski definition) is 4. The van der Waals surface area contributed by atoms with E-state index in [9.17, 15) is 19.4 Å². The number of halogens is 1. The van der Waals surface area contributed by atoms with Crippen molar-refractivity contribution in [2.75, 3.05) is 11.9 Å². The van der Waals surface area contributed by atoms with Crippen LogP contribution in [0.2, 0.25) is 0 Å². The Labute approximate surface area is 209 Å². The van der Waals surface area contributed by atoms with Gasteiger partial charge in [-0.3, -0.25) is 9.78 Å². The van der Waals surface area contributed by atoms with Gasteiger partial charge in [0.15, 0.2) is 0 Å². The number of anilines is 1. The minimum atomic E-state index is -1.64. The zero-order chi connectivity index (χ0) is 26.0. The van der Waals surface area contributed by atoms with Crippen LogP contribution in [0.3, 0.4) is 0 Å². The maximum Gasteiger partial charge on any atom is 0.255 e. The van der Waals surface area contributed by atoms with E-state index >= 15 is 0 Å². The van der Waals surface area contributed by atoms with Gasteiger partial charge in [0, 0.05) is 12.2 Å². The highest BCUT2D eigenvalue weighted by atomic mass is 19.1. The lowest BCUT2D eigenvalue weighted by Crippen LogP contribution is -2.42. The van der Waals surface area contributed by atoms with Crippen molar-refractivity contribution in [3.63, 3.8) is 0 Å². The van der Waals surface area contributed by atoms with E-state index in [2.05, 4.69) is 33.7 Å². The SMILES string of the molecule is CC1CC(O)CCC1Nc1cc(-c2ccc3cc(C#N)cnn23)ncc1C(=O)NC[C@@H](F)C(C)(C)O. The number of nitrogens with one attached hydrogen (secondary N) is 2. The monoisotopic (exact) mass is 494 g/mol. The molecular weight excluding hydrogens is 463 g/mol. The molecule has 1 aliphatic carbocycles. The molecule has 9 nitrogen and oxygen atoms in total. The highest BCUT2D eigenvalue weighted by Crippen LogP contribution is 2.31. The van der Waals surface area contributed by atoms with Crippen molar-refractivity contribution in [2.24, 2.45) is 5.92 Å². The number of hydrogen-bond acceptors (Lipinski definition) is 7. The van der Waals surface area contributed by atoms with Gasteiger partial charge in [-0.25, -0.2) is 8.91 Å². The van der Waals surface area contributed by atoms with Gasteiger partial charge in [0.25, 0.3) is 5.91 Å². The molecule has 0 radical (unpaired) electrons. The van der Waals surface area contributed by atoms with Crippen molar-refractivity contribution in [1.82, 2.24) is 19.9 Å². The van der Waals surface area contributed by atoms with E-state index in [1.807, 2.05) is 12.1 Å². The van der Waals surface area contributed by atoms with Crippen LogP contribution in [0.25, 0.3) is 16.9 Å². The summed E-state index contributed by atoms with van der Waals surface area (Å²) < 4.78 is 15.9. The topological polar surface area (TPSA) is 136 Å². The first kappa shape index (κ1) is 25.5. The largest absolute Gasteiger partial charge is 0.393 e. The van der Waals surface area contributed by atoms with Gasteiger partial charge < -0.3 is 20.8 Å². The van der Waals surface area contributed by atoms with E-state index in [1.165, 1.54) is 26.2 Å². The van der Waals surface area contributed by atoms with Crippen molar-refractivity contribution in [3.05, 3.63) is 47.8 Å². The first-order chi connectivity index (χ1) is 17.1. The Balaban J connectivity index is 1.67. The third-order valence-corrected chi connectivity index (χ3v) is 6.73. The minimum Gasteiger partial charge on any atom is -0.393 e. The maximum absolute atomic E-state index is 14.2. The van der Waals surface area contributed by atoms with Crippen LogP contribution >= 0.6 is 0 Å². The number of carbonyl (C=O) groups is 1. The Morgan fingerprint density at radius 2 is 2.11 bits per heavy atom. The van der Waals surface area contributed by atoms with Crippen LogP contribution in [0.4, 0.5) is 10.1 Å². The van der Waals surface area contributed by atoms with Gasteiger partial charge >= 0.3 is 0 Å². The van der Waals surface area contributed by atoms with E-state index < -0.39 is 17.7 Å². The second-order valence-electron chi connectivity index (χ2n) is 10.1. The Bertz CT molecular complexity index is 1300. The molecule has 4 atom stereocenters. The summed E-state index contributed by atoms with van der Waals surface area (Å²) in [5.41, 5.74) is 1.63. The summed E-state index contributed by atoms with van der Waals surface area (Å²) in [5.74, 6) is -0.337. The number of fused-ring (bicyclic) bond motifs is 1. The number of nitrogens with zero attached hydrogens (tertiary/aromatic N) is 4. The molecule has 0 spiro atoms. The number of nitriles is 1. The molecule has 0 aromatic carbocycles. The predicted molar refractivity (Wildman–Crippen MR) is 133 cm³/mol. The second-order valence-corrected chi connectivity index (χ2v) is 10.1. The van der Waals surface area contributed by atoms with Crippen LogP contribution in [-0.2, 0) is 0 Å². The van der Waals surface area contributed by atoms with Crippen molar-refractivity contribution < 1.29 is 19.4 Å². The number of alkyl halides is 1. The highest BCUT2D eigenvalue weighted by Gasteiger charge is 2.29. The molecule has 3 aromatic rings. The molecule has 3 aromatic heterocycles. The average Bonchev–Trinajstić information content (AvgIpc) is 3.26. The van der Waals surface area contributed by atoms with E-state index in [0.717, 1.165) is 11.9 Å². The summed E-state index contributed by atoms with van der Waals surface area (Å²) in [6.07, 6.45) is 2.98. The van der Waals surface area contributed by atoms with Crippen molar-refractivity contribution in [2.45, 2.75) is 64.0 Å². The van der Waals surface area contributed by atoms with Crippen molar-refractivity contribution in [1.29, 1.82) is 5.26 Å². The van der Waals surface area contributed by atoms with Crippen molar-refractivity contribution in [3.8, 4) is 17.5 Å². The molecule has 3 unspecified atom stereocenters. The van der Waals surface area contributed by atoms with Gasteiger partial charge in [0.2, 0.25) is 0 Å². The van der Waals surface area contributed by atoms with Crippen LogP contribution in [0, 0.1) is 17.2 Å².